The molecule has 1 heterocycles. The molecule has 0 atom stereocenters. The van der Waals surface area contributed by atoms with Crippen molar-refractivity contribution in [2.75, 3.05) is 12.3 Å². The number of carbonyl (C=O) groups is 1. The first-order valence-corrected chi connectivity index (χ1v) is 6.20. The number of anilines is 1. The van der Waals surface area contributed by atoms with Crippen LogP contribution in [0.25, 0.3) is 0 Å². The average molecular weight is 237 g/mol. The maximum atomic E-state index is 11.5. The monoisotopic (exact) mass is 237 g/mol. The van der Waals surface area contributed by atoms with E-state index < -0.39 is 5.97 Å². The van der Waals surface area contributed by atoms with Crippen LogP contribution in [0, 0.1) is 5.92 Å². The second-order valence-corrected chi connectivity index (χ2v) is 4.48. The maximum absolute atomic E-state index is 11.5. The highest BCUT2D eigenvalue weighted by Gasteiger charge is 2.20. The van der Waals surface area contributed by atoms with E-state index in [0.717, 1.165) is 18.9 Å². The van der Waals surface area contributed by atoms with E-state index in [1.54, 1.807) is 13.3 Å². The van der Waals surface area contributed by atoms with Crippen molar-refractivity contribution < 1.29 is 9.53 Å². The molecule has 0 aromatic carbocycles. The SMILES string of the molecule is CCOC(=O)c1ncn(CCC2CCC2)c1N. The smallest absolute Gasteiger partial charge is 0.360 e. The van der Waals surface area contributed by atoms with Crippen molar-refractivity contribution in [2.24, 2.45) is 5.92 Å². The molecule has 1 aromatic heterocycles. The fraction of sp³-hybridized carbons (Fsp3) is 0.667. The largest absolute Gasteiger partial charge is 0.461 e. The molecule has 2 N–H and O–H groups in total. The van der Waals surface area contributed by atoms with Gasteiger partial charge in [0, 0.05) is 6.54 Å². The van der Waals surface area contributed by atoms with Crippen LogP contribution in [-0.2, 0) is 11.3 Å². The second-order valence-electron chi connectivity index (χ2n) is 4.48. The summed E-state index contributed by atoms with van der Waals surface area (Å²) in [7, 11) is 0. The Morgan fingerprint density at radius 3 is 3.00 bits per heavy atom. The Morgan fingerprint density at radius 1 is 1.65 bits per heavy atom. The summed E-state index contributed by atoms with van der Waals surface area (Å²) < 4.78 is 6.72. The Balaban J connectivity index is 1.96. The molecule has 5 nitrogen and oxygen atoms in total. The molecule has 0 unspecified atom stereocenters. The zero-order valence-electron chi connectivity index (χ0n) is 10.2. The lowest BCUT2D eigenvalue weighted by Gasteiger charge is -2.25. The summed E-state index contributed by atoms with van der Waals surface area (Å²) >= 11 is 0. The van der Waals surface area contributed by atoms with E-state index >= 15 is 0 Å². The number of esters is 1. The quantitative estimate of drug-likeness (QED) is 0.793. The average Bonchev–Trinajstić information content (AvgIpc) is 2.59. The number of rotatable bonds is 5. The van der Waals surface area contributed by atoms with Crippen LogP contribution < -0.4 is 5.73 Å². The van der Waals surface area contributed by atoms with Crippen molar-refractivity contribution in [3.8, 4) is 0 Å². The molecule has 1 fully saturated rings. The number of hydrogen-bond donors (Lipinski definition) is 1. The lowest BCUT2D eigenvalue weighted by Crippen LogP contribution is -2.15. The third-order valence-electron chi connectivity index (χ3n) is 3.35. The molecule has 1 saturated carbocycles. The Bertz CT molecular complexity index is 396. The summed E-state index contributed by atoms with van der Waals surface area (Å²) in [6.07, 6.45) is 6.72. The molecule has 1 aromatic rings. The van der Waals surface area contributed by atoms with Crippen LogP contribution >= 0.6 is 0 Å². The number of aromatic nitrogens is 2. The van der Waals surface area contributed by atoms with E-state index in [-0.39, 0.29) is 5.69 Å². The van der Waals surface area contributed by atoms with Gasteiger partial charge in [-0.25, -0.2) is 9.78 Å². The Kier molecular flexibility index (Phi) is 3.66. The van der Waals surface area contributed by atoms with Crippen LogP contribution in [-0.4, -0.2) is 22.1 Å². The molecule has 0 saturated heterocycles. The molecule has 2 rings (SSSR count). The summed E-state index contributed by atoms with van der Waals surface area (Å²) in [5.41, 5.74) is 6.12. The van der Waals surface area contributed by atoms with Crippen molar-refractivity contribution in [3.63, 3.8) is 0 Å². The number of ether oxygens (including phenoxy) is 1. The van der Waals surface area contributed by atoms with E-state index in [4.69, 9.17) is 10.5 Å². The Morgan fingerprint density at radius 2 is 2.41 bits per heavy atom. The van der Waals surface area contributed by atoms with Gasteiger partial charge in [-0.05, 0) is 19.3 Å². The molecular formula is C12H19N3O2. The molecular weight excluding hydrogens is 218 g/mol. The number of nitrogens with two attached hydrogens (primary N) is 1. The molecule has 0 amide bonds. The summed E-state index contributed by atoms with van der Waals surface area (Å²) in [6, 6.07) is 0. The minimum Gasteiger partial charge on any atom is -0.461 e. The summed E-state index contributed by atoms with van der Waals surface area (Å²) in [5, 5.41) is 0. The lowest BCUT2D eigenvalue weighted by molar-refractivity contribution is 0.0521. The van der Waals surface area contributed by atoms with Gasteiger partial charge in [-0.3, -0.25) is 0 Å². The Labute approximate surface area is 101 Å². The van der Waals surface area contributed by atoms with Gasteiger partial charge in [0.05, 0.1) is 12.9 Å². The molecule has 0 bridgehead atoms. The first-order chi connectivity index (χ1) is 8.22. The molecule has 5 heteroatoms. The van der Waals surface area contributed by atoms with Crippen LogP contribution in [0.5, 0.6) is 0 Å². The van der Waals surface area contributed by atoms with Gasteiger partial charge in [0.1, 0.15) is 5.82 Å². The fourth-order valence-electron chi connectivity index (χ4n) is 2.03. The topological polar surface area (TPSA) is 70.1 Å². The molecule has 94 valence electrons. The summed E-state index contributed by atoms with van der Waals surface area (Å²) in [4.78, 5) is 15.5. The molecule has 17 heavy (non-hydrogen) atoms. The van der Waals surface area contributed by atoms with E-state index in [9.17, 15) is 4.79 Å². The van der Waals surface area contributed by atoms with Gasteiger partial charge in [-0.15, -0.1) is 0 Å². The number of aryl methyl sites for hydroxylation is 1. The first-order valence-electron chi connectivity index (χ1n) is 6.20. The predicted molar refractivity (Wildman–Crippen MR) is 64.6 cm³/mol. The van der Waals surface area contributed by atoms with E-state index in [0.29, 0.717) is 12.4 Å². The minimum atomic E-state index is -0.438. The van der Waals surface area contributed by atoms with E-state index in [1.807, 2.05) is 4.57 Å². The standard InChI is InChI=1S/C12H19N3O2/c1-2-17-12(16)10-11(13)15(8-14-10)7-6-9-4-3-5-9/h8-9H,2-7,13H2,1H3. The van der Waals surface area contributed by atoms with Crippen molar-refractivity contribution in [3.05, 3.63) is 12.0 Å². The number of hydrogen-bond acceptors (Lipinski definition) is 4. The molecule has 0 spiro atoms. The normalized spacial score (nSPS) is 15.6. The van der Waals surface area contributed by atoms with Crippen LogP contribution in [0.2, 0.25) is 0 Å². The number of nitrogen functional groups attached to an aromatic ring is 1. The van der Waals surface area contributed by atoms with Crippen molar-refractivity contribution in [2.45, 2.75) is 39.2 Å². The Hall–Kier alpha value is -1.52. The fourth-order valence-corrected chi connectivity index (χ4v) is 2.03. The number of imidazole rings is 1. The van der Waals surface area contributed by atoms with Crippen LogP contribution in [0.15, 0.2) is 6.33 Å². The van der Waals surface area contributed by atoms with Crippen molar-refractivity contribution in [1.29, 1.82) is 0 Å². The van der Waals surface area contributed by atoms with Crippen molar-refractivity contribution >= 4 is 11.8 Å². The van der Waals surface area contributed by atoms with Gasteiger partial charge < -0.3 is 15.0 Å². The highest BCUT2D eigenvalue weighted by molar-refractivity contribution is 5.92. The van der Waals surface area contributed by atoms with Gasteiger partial charge in [-0.1, -0.05) is 19.3 Å². The molecule has 0 radical (unpaired) electrons. The third-order valence-corrected chi connectivity index (χ3v) is 3.35. The predicted octanol–water partition coefficient (Wildman–Crippen LogP) is 1.83. The third kappa shape index (κ3) is 2.60. The van der Waals surface area contributed by atoms with Gasteiger partial charge in [0.25, 0.3) is 0 Å². The van der Waals surface area contributed by atoms with E-state index in [2.05, 4.69) is 4.98 Å². The zero-order chi connectivity index (χ0) is 12.3. The molecule has 1 aliphatic rings. The number of carbonyl (C=O) groups excluding carboxylic acids is 1. The first kappa shape index (κ1) is 12.0. The van der Waals surface area contributed by atoms with E-state index in [1.165, 1.54) is 19.3 Å². The maximum Gasteiger partial charge on any atom is 0.360 e. The van der Waals surface area contributed by atoms with Crippen LogP contribution in [0.4, 0.5) is 5.82 Å². The van der Waals surface area contributed by atoms with Gasteiger partial charge in [0.15, 0.2) is 5.69 Å². The van der Waals surface area contributed by atoms with Crippen molar-refractivity contribution in [1.82, 2.24) is 9.55 Å². The second kappa shape index (κ2) is 5.21. The summed E-state index contributed by atoms with van der Waals surface area (Å²) in [5.74, 6) is 0.804. The highest BCUT2D eigenvalue weighted by Crippen LogP contribution is 2.30. The van der Waals surface area contributed by atoms with Crippen LogP contribution in [0.3, 0.4) is 0 Å². The lowest BCUT2D eigenvalue weighted by atomic mass is 9.83. The van der Waals surface area contributed by atoms with Gasteiger partial charge in [0.2, 0.25) is 0 Å². The van der Waals surface area contributed by atoms with Gasteiger partial charge in [-0.2, -0.15) is 0 Å². The summed E-state index contributed by atoms with van der Waals surface area (Å²) in [6.45, 7) is 2.94. The minimum absolute atomic E-state index is 0.237. The zero-order valence-corrected chi connectivity index (χ0v) is 10.2. The highest BCUT2D eigenvalue weighted by atomic mass is 16.5. The van der Waals surface area contributed by atoms with Crippen LogP contribution in [0.1, 0.15) is 43.1 Å². The molecule has 1 aliphatic carbocycles. The number of nitrogens with zero attached hydrogens (tertiary/aromatic N) is 2. The van der Waals surface area contributed by atoms with Gasteiger partial charge >= 0.3 is 5.97 Å². The molecule has 0 aliphatic heterocycles.